The van der Waals surface area contributed by atoms with Gasteiger partial charge in [0.2, 0.25) is 0 Å². The van der Waals surface area contributed by atoms with E-state index in [2.05, 4.69) is 45.6 Å². The van der Waals surface area contributed by atoms with Gasteiger partial charge in [-0.05, 0) is 25.3 Å². The summed E-state index contributed by atoms with van der Waals surface area (Å²) >= 11 is 0. The van der Waals surface area contributed by atoms with Crippen molar-refractivity contribution < 1.29 is 0 Å². The topological polar surface area (TPSA) is 0 Å². The Morgan fingerprint density at radius 2 is 2.33 bits per heavy atom. The van der Waals surface area contributed by atoms with Crippen LogP contribution < -0.4 is 0 Å². The SMILES string of the molecule is C=CC(C)(CC)C1=C(C)CC=C1. The van der Waals surface area contributed by atoms with Crippen LogP contribution in [0.3, 0.4) is 0 Å². The van der Waals surface area contributed by atoms with Crippen molar-refractivity contribution in [2.45, 2.75) is 33.6 Å². The molecule has 0 saturated carbocycles. The van der Waals surface area contributed by atoms with Gasteiger partial charge in [-0.15, -0.1) is 6.58 Å². The van der Waals surface area contributed by atoms with E-state index in [1.165, 1.54) is 11.1 Å². The van der Waals surface area contributed by atoms with Crippen LogP contribution in [0.25, 0.3) is 0 Å². The second-order valence-electron chi connectivity index (χ2n) is 3.78. The number of hydrogen-bond acceptors (Lipinski definition) is 0. The van der Waals surface area contributed by atoms with Gasteiger partial charge in [0.1, 0.15) is 0 Å². The first-order chi connectivity index (χ1) is 5.64. The highest BCUT2D eigenvalue weighted by atomic mass is 14.3. The van der Waals surface area contributed by atoms with Crippen molar-refractivity contribution in [2.24, 2.45) is 5.41 Å². The van der Waals surface area contributed by atoms with Crippen LogP contribution in [-0.2, 0) is 0 Å². The van der Waals surface area contributed by atoms with Gasteiger partial charge >= 0.3 is 0 Å². The highest BCUT2D eigenvalue weighted by molar-refractivity contribution is 5.39. The zero-order valence-electron chi connectivity index (χ0n) is 8.35. The summed E-state index contributed by atoms with van der Waals surface area (Å²) in [6.45, 7) is 10.6. The van der Waals surface area contributed by atoms with E-state index in [4.69, 9.17) is 0 Å². The van der Waals surface area contributed by atoms with Gasteiger partial charge in [0.25, 0.3) is 0 Å². The van der Waals surface area contributed by atoms with Crippen LogP contribution in [0.5, 0.6) is 0 Å². The van der Waals surface area contributed by atoms with Crippen molar-refractivity contribution in [3.63, 3.8) is 0 Å². The van der Waals surface area contributed by atoms with Crippen LogP contribution in [0.2, 0.25) is 0 Å². The fourth-order valence-corrected chi connectivity index (χ4v) is 1.73. The predicted octanol–water partition coefficient (Wildman–Crippen LogP) is 3.87. The second-order valence-corrected chi connectivity index (χ2v) is 3.78. The molecular formula is C12H18. The molecule has 1 aliphatic carbocycles. The number of hydrogen-bond donors (Lipinski definition) is 0. The van der Waals surface area contributed by atoms with Gasteiger partial charge in [0.15, 0.2) is 0 Å². The normalized spacial score (nSPS) is 21.2. The summed E-state index contributed by atoms with van der Waals surface area (Å²) in [5.74, 6) is 0. The standard InChI is InChI=1S/C12H18/c1-5-12(4,6-2)11-9-7-8-10(11)3/h5,7,9H,1,6,8H2,2-4H3. The molecule has 0 aliphatic heterocycles. The molecule has 0 bridgehead atoms. The number of rotatable bonds is 3. The summed E-state index contributed by atoms with van der Waals surface area (Å²) < 4.78 is 0. The van der Waals surface area contributed by atoms with Crippen LogP contribution in [0, 0.1) is 5.41 Å². The summed E-state index contributed by atoms with van der Waals surface area (Å²) in [5, 5.41) is 0. The fraction of sp³-hybridized carbons (Fsp3) is 0.500. The molecule has 0 aromatic carbocycles. The van der Waals surface area contributed by atoms with Crippen LogP contribution in [-0.4, -0.2) is 0 Å². The van der Waals surface area contributed by atoms with E-state index in [1.807, 2.05) is 0 Å². The minimum atomic E-state index is 0.192. The molecule has 0 aromatic rings. The highest BCUT2D eigenvalue weighted by Crippen LogP contribution is 2.38. The van der Waals surface area contributed by atoms with Gasteiger partial charge in [-0.2, -0.15) is 0 Å². The maximum atomic E-state index is 3.91. The molecule has 1 rings (SSSR count). The van der Waals surface area contributed by atoms with Crippen molar-refractivity contribution in [2.75, 3.05) is 0 Å². The third-order valence-electron chi connectivity index (χ3n) is 2.97. The number of allylic oxidation sites excluding steroid dienone is 5. The maximum absolute atomic E-state index is 3.91. The molecule has 66 valence electrons. The van der Waals surface area contributed by atoms with E-state index in [1.54, 1.807) is 0 Å². The molecule has 1 unspecified atom stereocenters. The van der Waals surface area contributed by atoms with Crippen molar-refractivity contribution in [3.8, 4) is 0 Å². The van der Waals surface area contributed by atoms with E-state index in [0.717, 1.165) is 12.8 Å². The molecule has 0 heterocycles. The van der Waals surface area contributed by atoms with Crippen LogP contribution >= 0.6 is 0 Å². The van der Waals surface area contributed by atoms with Crippen LogP contribution in [0.15, 0.2) is 36.0 Å². The maximum Gasteiger partial charge on any atom is 0.00978 e. The van der Waals surface area contributed by atoms with Gasteiger partial charge in [0, 0.05) is 5.41 Å². The Balaban J connectivity index is 3.00. The van der Waals surface area contributed by atoms with E-state index in [9.17, 15) is 0 Å². The summed E-state index contributed by atoms with van der Waals surface area (Å²) in [6, 6.07) is 0. The zero-order chi connectivity index (χ0) is 9.19. The lowest BCUT2D eigenvalue weighted by Gasteiger charge is -2.26. The Bertz CT molecular complexity index is 243. The molecule has 0 saturated heterocycles. The predicted molar refractivity (Wildman–Crippen MR) is 55.1 cm³/mol. The molecule has 0 heteroatoms. The molecule has 0 fully saturated rings. The van der Waals surface area contributed by atoms with Crippen LogP contribution in [0.1, 0.15) is 33.6 Å². The highest BCUT2D eigenvalue weighted by Gasteiger charge is 2.24. The van der Waals surface area contributed by atoms with Gasteiger partial charge < -0.3 is 0 Å². The summed E-state index contributed by atoms with van der Waals surface area (Å²) in [4.78, 5) is 0. The molecule has 0 spiro atoms. The minimum Gasteiger partial charge on any atom is -0.102 e. The molecule has 0 amide bonds. The smallest absolute Gasteiger partial charge is 0.00978 e. The molecule has 0 aromatic heterocycles. The summed E-state index contributed by atoms with van der Waals surface area (Å²) in [6.07, 6.45) is 8.82. The quantitative estimate of drug-likeness (QED) is 0.553. The first kappa shape index (κ1) is 9.31. The Hall–Kier alpha value is -0.780. The third kappa shape index (κ3) is 1.38. The molecule has 0 nitrogen and oxygen atoms in total. The Kier molecular flexibility index (Phi) is 2.56. The van der Waals surface area contributed by atoms with Crippen LogP contribution in [0.4, 0.5) is 0 Å². The average molecular weight is 162 g/mol. The molecule has 1 atom stereocenters. The lowest BCUT2D eigenvalue weighted by Crippen LogP contribution is -2.13. The van der Waals surface area contributed by atoms with Gasteiger partial charge in [-0.3, -0.25) is 0 Å². The first-order valence-corrected chi connectivity index (χ1v) is 4.64. The van der Waals surface area contributed by atoms with E-state index >= 15 is 0 Å². The Morgan fingerprint density at radius 1 is 1.67 bits per heavy atom. The Morgan fingerprint density at radius 3 is 2.67 bits per heavy atom. The molecule has 0 N–H and O–H groups in total. The lowest BCUT2D eigenvalue weighted by atomic mass is 9.79. The van der Waals surface area contributed by atoms with E-state index < -0.39 is 0 Å². The van der Waals surface area contributed by atoms with Crippen molar-refractivity contribution in [1.29, 1.82) is 0 Å². The molecule has 0 radical (unpaired) electrons. The second kappa shape index (κ2) is 3.30. The fourth-order valence-electron chi connectivity index (χ4n) is 1.73. The van der Waals surface area contributed by atoms with Crippen molar-refractivity contribution in [3.05, 3.63) is 36.0 Å². The third-order valence-corrected chi connectivity index (χ3v) is 2.97. The van der Waals surface area contributed by atoms with Gasteiger partial charge in [-0.1, -0.05) is 37.6 Å². The largest absolute Gasteiger partial charge is 0.102 e. The van der Waals surface area contributed by atoms with E-state index in [0.29, 0.717) is 0 Å². The Labute approximate surface area is 75.7 Å². The van der Waals surface area contributed by atoms with Gasteiger partial charge in [-0.25, -0.2) is 0 Å². The van der Waals surface area contributed by atoms with Gasteiger partial charge in [0.05, 0.1) is 0 Å². The minimum absolute atomic E-state index is 0.192. The zero-order valence-corrected chi connectivity index (χ0v) is 8.35. The average Bonchev–Trinajstić information content (AvgIpc) is 2.51. The monoisotopic (exact) mass is 162 g/mol. The first-order valence-electron chi connectivity index (χ1n) is 4.64. The summed E-state index contributed by atoms with van der Waals surface area (Å²) in [7, 11) is 0. The molecule has 1 aliphatic rings. The molecular weight excluding hydrogens is 144 g/mol. The molecule has 12 heavy (non-hydrogen) atoms. The summed E-state index contributed by atoms with van der Waals surface area (Å²) in [5.41, 5.74) is 3.16. The lowest BCUT2D eigenvalue weighted by molar-refractivity contribution is 0.504. The van der Waals surface area contributed by atoms with E-state index in [-0.39, 0.29) is 5.41 Å². The van der Waals surface area contributed by atoms with Crippen molar-refractivity contribution >= 4 is 0 Å². The van der Waals surface area contributed by atoms with Crippen molar-refractivity contribution in [1.82, 2.24) is 0 Å².